The van der Waals surface area contributed by atoms with Crippen molar-refractivity contribution >= 4 is 5.69 Å². The fraction of sp³-hybridized carbons (Fsp3) is 0.412. The van der Waals surface area contributed by atoms with E-state index in [2.05, 4.69) is 22.3 Å². The number of ether oxygens (including phenoxy) is 2. The summed E-state index contributed by atoms with van der Waals surface area (Å²) >= 11 is 0. The third kappa shape index (κ3) is 3.36. The lowest BCUT2D eigenvalue weighted by Crippen LogP contribution is -2.32. The average Bonchev–Trinajstić information content (AvgIpc) is 3.23. The number of hydrogen-bond acceptors (Lipinski definition) is 5. The molecule has 1 unspecified atom stereocenters. The van der Waals surface area contributed by atoms with Crippen LogP contribution in [0.2, 0.25) is 0 Å². The van der Waals surface area contributed by atoms with E-state index in [1.165, 1.54) is 0 Å². The van der Waals surface area contributed by atoms with E-state index in [4.69, 9.17) is 13.9 Å². The quantitative estimate of drug-likeness (QED) is 0.889. The van der Waals surface area contributed by atoms with Crippen molar-refractivity contribution < 1.29 is 13.9 Å². The topological polar surface area (TPSA) is 46.9 Å². The summed E-state index contributed by atoms with van der Waals surface area (Å²) in [5, 5.41) is 3.54. The van der Waals surface area contributed by atoms with Gasteiger partial charge < -0.3 is 24.1 Å². The monoisotopic (exact) mass is 302 g/mol. The maximum Gasteiger partial charge on any atom is 0.124 e. The molecule has 0 spiro atoms. The van der Waals surface area contributed by atoms with E-state index >= 15 is 0 Å². The molecule has 0 aliphatic carbocycles. The highest BCUT2D eigenvalue weighted by atomic mass is 16.5. The highest BCUT2D eigenvalue weighted by Gasteiger charge is 2.23. The van der Waals surface area contributed by atoms with Crippen LogP contribution in [0.15, 0.2) is 41.0 Å². The van der Waals surface area contributed by atoms with E-state index in [0.717, 1.165) is 49.0 Å². The smallest absolute Gasteiger partial charge is 0.124 e. The Hall–Kier alpha value is -2.14. The standard InChI is InChI=1S/C17H22N2O3/c1-20-16-8-14(9-17(10-16)21-2)19-6-5-13(12-19)18-11-15-4-3-7-22-15/h3-4,7-10,13,18H,5-6,11-12H2,1-2H3. The maximum atomic E-state index is 5.36. The Balaban J connectivity index is 1.62. The van der Waals surface area contributed by atoms with Crippen molar-refractivity contribution in [1.29, 1.82) is 0 Å². The Bertz CT molecular complexity index is 576. The lowest BCUT2D eigenvalue weighted by molar-refractivity contribution is 0.394. The van der Waals surface area contributed by atoms with Crippen LogP contribution in [0, 0.1) is 0 Å². The van der Waals surface area contributed by atoms with E-state index in [1.54, 1.807) is 20.5 Å². The fourth-order valence-corrected chi connectivity index (χ4v) is 2.79. The molecule has 5 heteroatoms. The van der Waals surface area contributed by atoms with E-state index < -0.39 is 0 Å². The fourth-order valence-electron chi connectivity index (χ4n) is 2.79. The third-order valence-corrected chi connectivity index (χ3v) is 4.03. The van der Waals surface area contributed by atoms with Crippen LogP contribution in [0.5, 0.6) is 11.5 Å². The van der Waals surface area contributed by atoms with E-state index in [1.807, 2.05) is 18.2 Å². The average molecular weight is 302 g/mol. The SMILES string of the molecule is COc1cc(OC)cc(N2CCC(NCc3ccco3)C2)c1. The van der Waals surface area contributed by atoms with Gasteiger partial charge in [-0.2, -0.15) is 0 Å². The van der Waals surface area contributed by atoms with Gasteiger partial charge in [0.2, 0.25) is 0 Å². The van der Waals surface area contributed by atoms with Gasteiger partial charge >= 0.3 is 0 Å². The summed E-state index contributed by atoms with van der Waals surface area (Å²) in [6, 6.07) is 10.4. The van der Waals surface area contributed by atoms with Gasteiger partial charge in [0.15, 0.2) is 0 Å². The van der Waals surface area contributed by atoms with Crippen molar-refractivity contribution in [2.75, 3.05) is 32.2 Å². The van der Waals surface area contributed by atoms with Crippen LogP contribution < -0.4 is 19.7 Å². The summed E-state index contributed by atoms with van der Waals surface area (Å²) in [5.41, 5.74) is 1.14. The first-order chi connectivity index (χ1) is 10.8. The highest BCUT2D eigenvalue weighted by Crippen LogP contribution is 2.30. The molecule has 0 radical (unpaired) electrons. The molecule has 1 aromatic carbocycles. The molecule has 1 aliphatic rings. The predicted molar refractivity (Wildman–Crippen MR) is 85.7 cm³/mol. The van der Waals surface area contributed by atoms with Crippen molar-refractivity contribution in [2.45, 2.75) is 19.0 Å². The molecule has 0 amide bonds. The van der Waals surface area contributed by atoms with Crippen LogP contribution >= 0.6 is 0 Å². The van der Waals surface area contributed by atoms with Crippen LogP contribution in [0.4, 0.5) is 5.69 Å². The zero-order valence-electron chi connectivity index (χ0n) is 13.0. The minimum Gasteiger partial charge on any atom is -0.497 e. The van der Waals surface area contributed by atoms with Gasteiger partial charge in [0.05, 0.1) is 27.0 Å². The molecule has 1 N–H and O–H groups in total. The Kier molecular flexibility index (Phi) is 4.53. The molecule has 3 rings (SSSR count). The molecular formula is C17H22N2O3. The molecule has 2 heterocycles. The predicted octanol–water partition coefficient (Wildman–Crippen LogP) is 2.67. The summed E-state index contributed by atoms with van der Waals surface area (Å²) in [6.07, 6.45) is 2.82. The van der Waals surface area contributed by atoms with Crippen LogP contribution in [-0.4, -0.2) is 33.4 Å². The summed E-state index contributed by atoms with van der Waals surface area (Å²) in [5.74, 6) is 2.61. The van der Waals surface area contributed by atoms with Gasteiger partial charge in [0.25, 0.3) is 0 Å². The summed E-state index contributed by atoms with van der Waals surface area (Å²) in [4.78, 5) is 2.35. The van der Waals surface area contributed by atoms with Crippen LogP contribution in [-0.2, 0) is 6.54 Å². The summed E-state index contributed by atoms with van der Waals surface area (Å²) < 4.78 is 16.0. The molecular weight excluding hydrogens is 280 g/mol. The number of nitrogens with zero attached hydrogens (tertiary/aromatic N) is 1. The van der Waals surface area contributed by atoms with E-state index in [-0.39, 0.29) is 0 Å². The molecule has 1 aliphatic heterocycles. The highest BCUT2D eigenvalue weighted by molar-refractivity contribution is 5.56. The van der Waals surface area contributed by atoms with Crippen molar-refractivity contribution in [3.05, 3.63) is 42.4 Å². The minimum atomic E-state index is 0.460. The minimum absolute atomic E-state index is 0.460. The number of benzene rings is 1. The molecule has 118 valence electrons. The first-order valence-electron chi connectivity index (χ1n) is 7.52. The molecule has 1 fully saturated rings. The normalized spacial score (nSPS) is 17.7. The first-order valence-corrected chi connectivity index (χ1v) is 7.52. The zero-order chi connectivity index (χ0) is 15.4. The van der Waals surface area contributed by atoms with Crippen LogP contribution in [0.3, 0.4) is 0 Å². The molecule has 5 nitrogen and oxygen atoms in total. The number of rotatable bonds is 6. The Morgan fingerprint density at radius 1 is 1.23 bits per heavy atom. The number of methoxy groups -OCH3 is 2. The maximum absolute atomic E-state index is 5.36. The van der Waals surface area contributed by atoms with Gasteiger partial charge in [-0.1, -0.05) is 0 Å². The lowest BCUT2D eigenvalue weighted by atomic mass is 10.2. The second-order valence-electron chi connectivity index (χ2n) is 5.46. The number of furan rings is 1. The molecule has 1 saturated heterocycles. The van der Waals surface area contributed by atoms with Gasteiger partial charge in [0, 0.05) is 43.0 Å². The van der Waals surface area contributed by atoms with Gasteiger partial charge in [-0.3, -0.25) is 0 Å². The van der Waals surface area contributed by atoms with E-state index in [0.29, 0.717) is 6.04 Å². The first kappa shape index (κ1) is 14.8. The number of hydrogen-bond donors (Lipinski definition) is 1. The third-order valence-electron chi connectivity index (χ3n) is 4.03. The van der Waals surface area contributed by atoms with Gasteiger partial charge in [-0.25, -0.2) is 0 Å². The second-order valence-corrected chi connectivity index (χ2v) is 5.46. The van der Waals surface area contributed by atoms with Gasteiger partial charge in [0.1, 0.15) is 17.3 Å². The zero-order valence-corrected chi connectivity index (χ0v) is 13.0. The largest absolute Gasteiger partial charge is 0.497 e. The molecule has 2 aromatic rings. The number of anilines is 1. The molecule has 22 heavy (non-hydrogen) atoms. The van der Waals surface area contributed by atoms with Crippen molar-refractivity contribution in [3.8, 4) is 11.5 Å². The van der Waals surface area contributed by atoms with Crippen molar-refractivity contribution in [2.24, 2.45) is 0 Å². The van der Waals surface area contributed by atoms with Gasteiger partial charge in [-0.15, -0.1) is 0 Å². The molecule has 1 aromatic heterocycles. The molecule has 1 atom stereocenters. The Morgan fingerprint density at radius 2 is 2.00 bits per heavy atom. The summed E-state index contributed by atoms with van der Waals surface area (Å²) in [6.45, 7) is 2.76. The summed E-state index contributed by atoms with van der Waals surface area (Å²) in [7, 11) is 3.35. The van der Waals surface area contributed by atoms with Crippen LogP contribution in [0.25, 0.3) is 0 Å². The van der Waals surface area contributed by atoms with Crippen molar-refractivity contribution in [1.82, 2.24) is 5.32 Å². The second kappa shape index (κ2) is 6.75. The molecule has 0 bridgehead atoms. The number of nitrogens with one attached hydrogen (secondary N) is 1. The molecule has 0 saturated carbocycles. The van der Waals surface area contributed by atoms with Crippen molar-refractivity contribution in [3.63, 3.8) is 0 Å². The van der Waals surface area contributed by atoms with Crippen LogP contribution in [0.1, 0.15) is 12.2 Å². The lowest BCUT2D eigenvalue weighted by Gasteiger charge is -2.20. The Labute approximate surface area is 130 Å². The van der Waals surface area contributed by atoms with Gasteiger partial charge in [-0.05, 0) is 18.6 Å². The van der Waals surface area contributed by atoms with E-state index in [9.17, 15) is 0 Å². The Morgan fingerprint density at radius 3 is 2.64 bits per heavy atom.